The molecule has 1 N–H and O–H groups in total. The van der Waals surface area contributed by atoms with Gasteiger partial charge in [-0.25, -0.2) is 9.97 Å². The fourth-order valence-electron chi connectivity index (χ4n) is 3.18. The number of methoxy groups -OCH3 is 1. The second kappa shape index (κ2) is 7.03. The third kappa shape index (κ3) is 3.25. The van der Waals surface area contributed by atoms with Crippen LogP contribution in [-0.2, 0) is 17.6 Å². The molecule has 128 valence electrons. The minimum atomic E-state index is -0.101. The molecule has 3 aromatic rings. The van der Waals surface area contributed by atoms with Crippen molar-refractivity contribution in [3.63, 3.8) is 0 Å². The number of rotatable bonds is 6. The van der Waals surface area contributed by atoms with E-state index in [-0.39, 0.29) is 6.04 Å². The lowest BCUT2D eigenvalue weighted by atomic mass is 10.2. The number of anilines is 1. The van der Waals surface area contributed by atoms with E-state index in [0.29, 0.717) is 12.4 Å². The molecule has 1 aliphatic carbocycles. The number of nitrogens with one attached hydrogen (secondary N) is 1. The number of aryl methyl sites for hydroxylation is 1. The van der Waals surface area contributed by atoms with Crippen LogP contribution in [0.25, 0.3) is 11.5 Å². The van der Waals surface area contributed by atoms with E-state index in [0.717, 1.165) is 42.2 Å². The largest absolute Gasteiger partial charge is 0.467 e. The molecule has 3 aromatic heterocycles. The van der Waals surface area contributed by atoms with E-state index >= 15 is 0 Å². The molecule has 6 nitrogen and oxygen atoms in total. The van der Waals surface area contributed by atoms with Gasteiger partial charge in [0.1, 0.15) is 23.3 Å². The molecule has 3 heterocycles. The summed E-state index contributed by atoms with van der Waals surface area (Å²) in [6, 6.07) is 9.49. The molecule has 0 radical (unpaired) electrons. The van der Waals surface area contributed by atoms with E-state index in [9.17, 15) is 0 Å². The van der Waals surface area contributed by atoms with Crippen LogP contribution in [0.4, 0.5) is 5.82 Å². The molecular weight excluding hydrogens is 316 g/mol. The van der Waals surface area contributed by atoms with Crippen molar-refractivity contribution in [2.24, 2.45) is 0 Å². The first-order chi connectivity index (χ1) is 12.3. The van der Waals surface area contributed by atoms with Crippen LogP contribution in [0.5, 0.6) is 0 Å². The number of furan rings is 1. The van der Waals surface area contributed by atoms with E-state index < -0.39 is 0 Å². The Morgan fingerprint density at radius 2 is 2.16 bits per heavy atom. The molecule has 0 saturated heterocycles. The summed E-state index contributed by atoms with van der Waals surface area (Å²) in [6.07, 6.45) is 6.49. The maximum atomic E-state index is 5.56. The van der Waals surface area contributed by atoms with Crippen molar-refractivity contribution < 1.29 is 9.15 Å². The summed E-state index contributed by atoms with van der Waals surface area (Å²) in [7, 11) is 1.68. The maximum Gasteiger partial charge on any atom is 0.180 e. The highest BCUT2D eigenvalue weighted by Crippen LogP contribution is 2.31. The van der Waals surface area contributed by atoms with E-state index in [2.05, 4.69) is 10.3 Å². The Morgan fingerprint density at radius 3 is 2.92 bits per heavy atom. The van der Waals surface area contributed by atoms with Gasteiger partial charge in [-0.05, 0) is 43.5 Å². The average Bonchev–Trinajstić information content (AvgIpc) is 3.33. The summed E-state index contributed by atoms with van der Waals surface area (Å²) in [5.41, 5.74) is 3.07. The fourth-order valence-corrected chi connectivity index (χ4v) is 3.18. The van der Waals surface area contributed by atoms with Gasteiger partial charge in [-0.3, -0.25) is 4.98 Å². The number of ether oxygens (including phenoxy) is 1. The normalized spacial score (nSPS) is 14.3. The third-order valence-electron chi connectivity index (χ3n) is 4.36. The first kappa shape index (κ1) is 15.8. The van der Waals surface area contributed by atoms with Gasteiger partial charge in [0, 0.05) is 24.6 Å². The minimum Gasteiger partial charge on any atom is -0.467 e. The Kier molecular flexibility index (Phi) is 4.43. The van der Waals surface area contributed by atoms with Crippen molar-refractivity contribution in [2.75, 3.05) is 19.0 Å². The maximum absolute atomic E-state index is 5.56. The molecule has 1 unspecified atom stereocenters. The van der Waals surface area contributed by atoms with E-state index in [4.69, 9.17) is 19.1 Å². The van der Waals surface area contributed by atoms with Gasteiger partial charge in [-0.15, -0.1) is 0 Å². The highest BCUT2D eigenvalue weighted by atomic mass is 16.5. The fraction of sp³-hybridized carbons (Fsp3) is 0.316. The summed E-state index contributed by atoms with van der Waals surface area (Å²) in [5, 5.41) is 3.50. The first-order valence-corrected chi connectivity index (χ1v) is 8.45. The number of hydrogen-bond donors (Lipinski definition) is 1. The predicted molar refractivity (Wildman–Crippen MR) is 94.2 cm³/mol. The van der Waals surface area contributed by atoms with Crippen LogP contribution in [0.2, 0.25) is 0 Å². The molecule has 0 saturated carbocycles. The van der Waals surface area contributed by atoms with Gasteiger partial charge in [0.25, 0.3) is 0 Å². The lowest BCUT2D eigenvalue weighted by Crippen LogP contribution is -2.18. The number of pyridine rings is 1. The molecule has 6 heteroatoms. The second-order valence-corrected chi connectivity index (χ2v) is 6.06. The monoisotopic (exact) mass is 336 g/mol. The van der Waals surface area contributed by atoms with Crippen LogP contribution in [0.3, 0.4) is 0 Å². The van der Waals surface area contributed by atoms with Gasteiger partial charge in [0.05, 0.1) is 12.9 Å². The Morgan fingerprint density at radius 1 is 1.20 bits per heavy atom. The van der Waals surface area contributed by atoms with Crippen molar-refractivity contribution >= 4 is 5.82 Å². The SMILES string of the molecule is COCC(Nc1nc(-c2ccccn2)nc2c1CCC2)c1ccco1. The van der Waals surface area contributed by atoms with E-state index in [1.165, 1.54) is 5.56 Å². The van der Waals surface area contributed by atoms with E-state index in [1.54, 1.807) is 19.6 Å². The Labute approximate surface area is 146 Å². The smallest absolute Gasteiger partial charge is 0.180 e. The molecule has 1 atom stereocenters. The van der Waals surface area contributed by atoms with Crippen molar-refractivity contribution in [1.29, 1.82) is 0 Å². The summed E-state index contributed by atoms with van der Waals surface area (Å²) in [5.74, 6) is 2.33. The van der Waals surface area contributed by atoms with Gasteiger partial charge in [-0.2, -0.15) is 0 Å². The highest BCUT2D eigenvalue weighted by Gasteiger charge is 2.23. The van der Waals surface area contributed by atoms with Crippen LogP contribution in [0.15, 0.2) is 47.2 Å². The molecule has 4 rings (SSSR count). The molecule has 0 bridgehead atoms. The number of fused-ring (bicyclic) bond motifs is 1. The Hall–Kier alpha value is -2.73. The van der Waals surface area contributed by atoms with Crippen molar-refractivity contribution in [2.45, 2.75) is 25.3 Å². The molecule has 0 spiro atoms. The minimum absolute atomic E-state index is 0.101. The highest BCUT2D eigenvalue weighted by molar-refractivity contribution is 5.58. The Balaban J connectivity index is 1.72. The predicted octanol–water partition coefficient (Wildman–Crippen LogP) is 3.42. The van der Waals surface area contributed by atoms with Gasteiger partial charge in [-0.1, -0.05) is 6.07 Å². The molecule has 0 amide bonds. The molecule has 0 aromatic carbocycles. The zero-order valence-electron chi connectivity index (χ0n) is 14.1. The average molecular weight is 336 g/mol. The standard InChI is InChI=1S/C19H20N4O2/c1-24-12-16(17-9-5-11-25-17)22-18-13-6-4-8-14(13)21-19(23-18)15-7-2-3-10-20-15/h2-3,5,7,9-11,16H,4,6,8,12H2,1H3,(H,21,22,23). The molecular formula is C19H20N4O2. The van der Waals surface area contributed by atoms with Crippen LogP contribution in [-0.4, -0.2) is 28.7 Å². The molecule has 0 fully saturated rings. The molecule has 1 aliphatic rings. The lowest BCUT2D eigenvalue weighted by molar-refractivity contribution is 0.178. The molecule has 0 aliphatic heterocycles. The summed E-state index contributed by atoms with van der Waals surface area (Å²) in [4.78, 5) is 13.9. The van der Waals surface area contributed by atoms with E-state index in [1.807, 2.05) is 30.3 Å². The Bertz CT molecular complexity index is 834. The van der Waals surface area contributed by atoms with Gasteiger partial charge >= 0.3 is 0 Å². The summed E-state index contributed by atoms with van der Waals surface area (Å²) >= 11 is 0. The molecule has 25 heavy (non-hydrogen) atoms. The zero-order chi connectivity index (χ0) is 17.1. The number of nitrogens with zero attached hydrogens (tertiary/aromatic N) is 3. The van der Waals surface area contributed by atoms with Crippen LogP contribution in [0.1, 0.15) is 29.5 Å². The second-order valence-electron chi connectivity index (χ2n) is 6.06. The first-order valence-electron chi connectivity index (χ1n) is 8.45. The van der Waals surface area contributed by atoms with Crippen molar-refractivity contribution in [1.82, 2.24) is 15.0 Å². The third-order valence-corrected chi connectivity index (χ3v) is 4.36. The topological polar surface area (TPSA) is 73.1 Å². The van der Waals surface area contributed by atoms with Crippen molar-refractivity contribution in [3.05, 3.63) is 59.8 Å². The summed E-state index contributed by atoms with van der Waals surface area (Å²) < 4.78 is 10.9. The quantitative estimate of drug-likeness (QED) is 0.743. The van der Waals surface area contributed by atoms with Crippen LogP contribution >= 0.6 is 0 Å². The lowest BCUT2D eigenvalue weighted by Gasteiger charge is -2.19. The van der Waals surface area contributed by atoms with Crippen molar-refractivity contribution in [3.8, 4) is 11.5 Å². The number of hydrogen-bond acceptors (Lipinski definition) is 6. The zero-order valence-corrected chi connectivity index (χ0v) is 14.1. The van der Waals surface area contributed by atoms with Crippen LogP contribution in [0, 0.1) is 0 Å². The summed E-state index contributed by atoms with van der Waals surface area (Å²) in [6.45, 7) is 0.491. The van der Waals surface area contributed by atoms with Gasteiger partial charge < -0.3 is 14.5 Å². The van der Waals surface area contributed by atoms with Gasteiger partial charge in [0.15, 0.2) is 5.82 Å². The van der Waals surface area contributed by atoms with Crippen LogP contribution < -0.4 is 5.32 Å². The number of aromatic nitrogens is 3. The van der Waals surface area contributed by atoms with Gasteiger partial charge in [0.2, 0.25) is 0 Å².